The maximum atomic E-state index is 10.6. The number of carbonyl (C=O) groups is 1. The molecule has 0 saturated heterocycles. The van der Waals surface area contributed by atoms with E-state index in [1.165, 1.54) is 6.26 Å². The van der Waals surface area contributed by atoms with Crippen LogP contribution in [-0.4, -0.2) is 23.2 Å². The first-order valence-electron chi connectivity index (χ1n) is 5.97. The molecule has 19 heavy (non-hydrogen) atoms. The monoisotopic (exact) mass is 261 g/mol. The Bertz CT molecular complexity index is 589. The summed E-state index contributed by atoms with van der Waals surface area (Å²) in [5.41, 5.74) is 2.26. The predicted octanol–water partition coefficient (Wildman–Crippen LogP) is 2.54. The number of hydrogen-bond acceptors (Lipinski definition) is 4. The van der Waals surface area contributed by atoms with Gasteiger partial charge in [-0.2, -0.15) is 0 Å². The number of nitrogens with zero attached hydrogens (tertiary/aromatic N) is 1. The minimum atomic E-state index is -0.936. The Morgan fingerprint density at radius 1 is 1.47 bits per heavy atom. The second kappa shape index (κ2) is 5.56. The van der Waals surface area contributed by atoms with Gasteiger partial charge in [0, 0.05) is 0 Å². The van der Waals surface area contributed by atoms with E-state index in [-0.39, 0.29) is 6.42 Å². The van der Waals surface area contributed by atoms with Crippen molar-refractivity contribution in [2.75, 3.05) is 7.11 Å². The highest BCUT2D eigenvalue weighted by atomic mass is 16.5. The van der Waals surface area contributed by atoms with E-state index in [2.05, 4.69) is 11.9 Å². The first-order valence-corrected chi connectivity index (χ1v) is 5.97. The van der Waals surface area contributed by atoms with Crippen LogP contribution in [0.5, 0.6) is 5.75 Å². The fourth-order valence-corrected chi connectivity index (χ4v) is 1.81. The quantitative estimate of drug-likeness (QED) is 0.895. The lowest BCUT2D eigenvalue weighted by Gasteiger charge is -2.07. The summed E-state index contributed by atoms with van der Waals surface area (Å²) < 4.78 is 10.6. The largest absolute Gasteiger partial charge is 0.496 e. The van der Waals surface area contributed by atoms with Crippen molar-refractivity contribution in [2.45, 2.75) is 19.8 Å². The molecule has 1 aromatic carbocycles. The van der Waals surface area contributed by atoms with Crippen LogP contribution in [0.4, 0.5) is 0 Å². The van der Waals surface area contributed by atoms with E-state index in [1.54, 1.807) is 7.11 Å². The van der Waals surface area contributed by atoms with E-state index in [0.29, 0.717) is 17.3 Å². The van der Waals surface area contributed by atoms with Crippen molar-refractivity contribution in [1.29, 1.82) is 0 Å². The minimum absolute atomic E-state index is 0.153. The number of carboxylic acid groups (broad SMARTS) is 1. The van der Waals surface area contributed by atoms with Crippen molar-refractivity contribution in [2.24, 2.45) is 0 Å². The molecule has 0 aliphatic rings. The molecule has 0 unspecified atom stereocenters. The Balaban J connectivity index is 2.39. The smallest absolute Gasteiger partial charge is 0.309 e. The van der Waals surface area contributed by atoms with Crippen LogP contribution in [-0.2, 0) is 17.6 Å². The van der Waals surface area contributed by atoms with Crippen LogP contribution in [0, 0.1) is 0 Å². The number of carboxylic acids is 1. The van der Waals surface area contributed by atoms with Gasteiger partial charge in [0.2, 0.25) is 5.89 Å². The number of oxazole rings is 1. The van der Waals surface area contributed by atoms with E-state index < -0.39 is 5.97 Å². The van der Waals surface area contributed by atoms with Crippen LogP contribution < -0.4 is 4.74 Å². The summed E-state index contributed by atoms with van der Waals surface area (Å²) >= 11 is 0. The number of rotatable bonds is 5. The Labute approximate surface area is 110 Å². The second-order valence-corrected chi connectivity index (χ2v) is 4.10. The molecular weight excluding hydrogens is 246 g/mol. The van der Waals surface area contributed by atoms with Crippen LogP contribution in [0.2, 0.25) is 0 Å². The number of aryl methyl sites for hydroxylation is 1. The summed E-state index contributed by atoms with van der Waals surface area (Å²) in [5, 5.41) is 8.72. The predicted molar refractivity (Wildman–Crippen MR) is 69.2 cm³/mol. The Morgan fingerprint density at radius 2 is 2.26 bits per heavy atom. The fraction of sp³-hybridized carbons (Fsp3) is 0.286. The van der Waals surface area contributed by atoms with E-state index in [1.807, 2.05) is 18.2 Å². The fourth-order valence-electron chi connectivity index (χ4n) is 1.81. The molecule has 0 bridgehead atoms. The number of hydrogen-bond donors (Lipinski definition) is 1. The molecule has 0 atom stereocenters. The lowest BCUT2D eigenvalue weighted by molar-refractivity contribution is -0.136. The van der Waals surface area contributed by atoms with Gasteiger partial charge in [-0.3, -0.25) is 4.79 Å². The van der Waals surface area contributed by atoms with Gasteiger partial charge in [0.15, 0.2) is 0 Å². The molecule has 0 amide bonds. The van der Waals surface area contributed by atoms with Crippen molar-refractivity contribution >= 4 is 5.97 Å². The number of aliphatic carboxylic acids is 1. The normalized spacial score (nSPS) is 10.4. The molecule has 1 heterocycles. The summed E-state index contributed by atoms with van der Waals surface area (Å²) in [6.07, 6.45) is 2.10. The van der Waals surface area contributed by atoms with Gasteiger partial charge in [0.1, 0.15) is 12.0 Å². The number of methoxy groups -OCH3 is 1. The molecule has 2 rings (SSSR count). The third kappa shape index (κ3) is 2.93. The zero-order valence-corrected chi connectivity index (χ0v) is 10.8. The van der Waals surface area contributed by atoms with Gasteiger partial charge in [-0.05, 0) is 24.1 Å². The Morgan fingerprint density at radius 3 is 2.89 bits per heavy atom. The number of ether oxygens (including phenoxy) is 1. The molecule has 2 aromatic rings. The van der Waals surface area contributed by atoms with E-state index in [0.717, 1.165) is 17.5 Å². The third-order valence-electron chi connectivity index (χ3n) is 2.79. The zero-order valence-electron chi connectivity index (χ0n) is 10.8. The molecule has 5 nitrogen and oxygen atoms in total. The molecule has 0 aliphatic carbocycles. The van der Waals surface area contributed by atoms with Crippen molar-refractivity contribution in [3.8, 4) is 17.2 Å². The SMILES string of the molecule is CCc1ccc(OC)c(-c2nc(CC(=O)O)co2)c1. The second-order valence-electron chi connectivity index (χ2n) is 4.10. The highest BCUT2D eigenvalue weighted by Gasteiger charge is 2.14. The lowest BCUT2D eigenvalue weighted by atomic mass is 10.1. The first kappa shape index (κ1) is 13.1. The van der Waals surface area contributed by atoms with Crippen molar-refractivity contribution in [1.82, 2.24) is 4.98 Å². The van der Waals surface area contributed by atoms with Crippen molar-refractivity contribution in [3.63, 3.8) is 0 Å². The standard InChI is InChI=1S/C14H15NO4/c1-3-9-4-5-12(18-2)11(6-9)14-15-10(8-19-14)7-13(16)17/h4-6,8H,3,7H2,1-2H3,(H,16,17). The Hall–Kier alpha value is -2.30. The number of aromatic nitrogens is 1. The van der Waals surface area contributed by atoms with E-state index in [4.69, 9.17) is 14.3 Å². The van der Waals surface area contributed by atoms with Gasteiger partial charge in [0.05, 0.1) is 24.8 Å². The maximum absolute atomic E-state index is 10.6. The molecule has 0 spiro atoms. The number of benzene rings is 1. The van der Waals surface area contributed by atoms with Crippen molar-refractivity contribution < 1.29 is 19.1 Å². The summed E-state index contributed by atoms with van der Waals surface area (Å²) in [4.78, 5) is 14.8. The topological polar surface area (TPSA) is 72.6 Å². The third-order valence-corrected chi connectivity index (χ3v) is 2.79. The minimum Gasteiger partial charge on any atom is -0.496 e. The molecule has 5 heteroatoms. The van der Waals surface area contributed by atoms with Gasteiger partial charge < -0.3 is 14.3 Å². The molecule has 0 fully saturated rings. The van der Waals surface area contributed by atoms with E-state index in [9.17, 15) is 4.79 Å². The van der Waals surface area contributed by atoms with Gasteiger partial charge in [-0.15, -0.1) is 0 Å². The molecule has 1 aromatic heterocycles. The first-order chi connectivity index (χ1) is 9.13. The van der Waals surface area contributed by atoms with Gasteiger partial charge >= 0.3 is 5.97 Å². The van der Waals surface area contributed by atoms with Gasteiger partial charge in [0.25, 0.3) is 0 Å². The molecule has 0 saturated carbocycles. The van der Waals surface area contributed by atoms with Crippen LogP contribution in [0.25, 0.3) is 11.5 Å². The van der Waals surface area contributed by atoms with Gasteiger partial charge in [-0.1, -0.05) is 13.0 Å². The van der Waals surface area contributed by atoms with Gasteiger partial charge in [-0.25, -0.2) is 4.98 Å². The van der Waals surface area contributed by atoms with E-state index >= 15 is 0 Å². The molecule has 0 aliphatic heterocycles. The van der Waals surface area contributed by atoms with Crippen LogP contribution in [0.15, 0.2) is 28.9 Å². The molecule has 1 N–H and O–H groups in total. The maximum Gasteiger partial charge on any atom is 0.309 e. The summed E-state index contributed by atoms with van der Waals surface area (Å²) in [6, 6.07) is 5.77. The molecular formula is C14H15NO4. The van der Waals surface area contributed by atoms with Crippen molar-refractivity contribution in [3.05, 3.63) is 35.7 Å². The Kier molecular flexibility index (Phi) is 3.85. The summed E-state index contributed by atoms with van der Waals surface area (Å²) in [5.74, 6) is 0.0958. The lowest BCUT2D eigenvalue weighted by Crippen LogP contribution is -2.00. The summed E-state index contributed by atoms with van der Waals surface area (Å²) in [6.45, 7) is 2.05. The summed E-state index contributed by atoms with van der Waals surface area (Å²) in [7, 11) is 1.57. The average Bonchev–Trinajstić information content (AvgIpc) is 2.85. The van der Waals surface area contributed by atoms with Crippen LogP contribution in [0.3, 0.4) is 0 Å². The highest BCUT2D eigenvalue weighted by Crippen LogP contribution is 2.30. The van der Waals surface area contributed by atoms with Crippen LogP contribution in [0.1, 0.15) is 18.2 Å². The molecule has 0 radical (unpaired) electrons. The van der Waals surface area contributed by atoms with Crippen LogP contribution >= 0.6 is 0 Å². The molecule has 100 valence electrons. The highest BCUT2D eigenvalue weighted by molar-refractivity contribution is 5.70. The average molecular weight is 261 g/mol. The zero-order chi connectivity index (χ0) is 13.8.